The Balaban J connectivity index is 2.56. The Bertz CT molecular complexity index is 640. The van der Waals surface area contributed by atoms with Crippen LogP contribution in [0.4, 0.5) is 17.6 Å². The molecule has 1 aromatic rings. The van der Waals surface area contributed by atoms with Crippen molar-refractivity contribution in [2.24, 2.45) is 16.7 Å². The molecule has 0 bridgehead atoms. The molecule has 2 rings (SSSR count). The number of carboxylic acids is 1. The fourth-order valence-electron chi connectivity index (χ4n) is 3.37. The van der Waals surface area contributed by atoms with Crippen molar-refractivity contribution < 1.29 is 27.5 Å². The number of halogens is 4. The summed E-state index contributed by atoms with van der Waals surface area (Å²) in [6.07, 6.45) is 2.67. The molecule has 1 aliphatic rings. The summed E-state index contributed by atoms with van der Waals surface area (Å²) in [6.45, 7) is 5.00. The number of rotatable bonds is 4. The second-order valence-electron chi connectivity index (χ2n) is 6.13. The van der Waals surface area contributed by atoms with Gasteiger partial charge in [0.2, 0.25) is 0 Å². The number of aliphatic carboxylic acids is 1. The lowest BCUT2D eigenvalue weighted by Crippen LogP contribution is -2.26. The van der Waals surface area contributed by atoms with E-state index < -0.39 is 58.0 Å². The second-order valence-corrected chi connectivity index (χ2v) is 6.13. The van der Waals surface area contributed by atoms with E-state index in [1.807, 2.05) is 0 Å². The van der Waals surface area contributed by atoms with E-state index in [-0.39, 0.29) is 6.07 Å². The van der Waals surface area contributed by atoms with E-state index in [0.29, 0.717) is 0 Å². The highest BCUT2D eigenvalue weighted by atomic mass is 19.2. The molecule has 1 fully saturated rings. The van der Waals surface area contributed by atoms with Crippen LogP contribution in [0.25, 0.3) is 0 Å². The molecule has 1 aliphatic carbocycles. The van der Waals surface area contributed by atoms with Crippen molar-refractivity contribution in [1.29, 1.82) is 0 Å². The summed E-state index contributed by atoms with van der Waals surface area (Å²) in [4.78, 5) is 11.7. The third-order valence-electron chi connectivity index (χ3n) is 4.80. The minimum Gasteiger partial charge on any atom is -0.481 e. The molecule has 1 N–H and O–H groups in total. The third kappa shape index (κ3) is 2.04. The summed E-state index contributed by atoms with van der Waals surface area (Å²) in [5.41, 5.74) is -3.14. The van der Waals surface area contributed by atoms with E-state index in [1.54, 1.807) is 32.9 Å². The number of hydrogen-bond donors (Lipinski definition) is 1. The molecule has 0 saturated heterocycles. The fourth-order valence-corrected chi connectivity index (χ4v) is 3.37. The average molecular weight is 316 g/mol. The summed E-state index contributed by atoms with van der Waals surface area (Å²) in [5, 5.41) is 9.55. The van der Waals surface area contributed by atoms with Gasteiger partial charge in [0.05, 0.1) is 5.41 Å². The maximum absolute atomic E-state index is 13.8. The second kappa shape index (κ2) is 5.11. The molecule has 22 heavy (non-hydrogen) atoms. The molecule has 0 radical (unpaired) electrons. The van der Waals surface area contributed by atoms with Crippen molar-refractivity contribution >= 4 is 5.97 Å². The quantitative estimate of drug-likeness (QED) is 0.516. The number of carbonyl (C=O) groups is 1. The van der Waals surface area contributed by atoms with Gasteiger partial charge in [-0.05, 0) is 24.7 Å². The minimum absolute atomic E-state index is 0.114. The standard InChI is InChI=1S/C16H16F4O2/c1-4-5-11-15(2,3)16(11,14(21)22)7-8-12(19)9(17)6-10(18)13(8)20/h4-6,11H,7H2,1-3H3,(H,21,22)/b5-4+/t11?,16-/m0/s1. The van der Waals surface area contributed by atoms with E-state index in [1.165, 1.54) is 0 Å². The van der Waals surface area contributed by atoms with Gasteiger partial charge in [0.1, 0.15) is 0 Å². The molecule has 0 aliphatic heterocycles. The van der Waals surface area contributed by atoms with Crippen molar-refractivity contribution in [1.82, 2.24) is 0 Å². The van der Waals surface area contributed by atoms with Gasteiger partial charge in [-0.15, -0.1) is 0 Å². The first-order valence-electron chi connectivity index (χ1n) is 6.79. The molecule has 1 saturated carbocycles. The van der Waals surface area contributed by atoms with Crippen molar-refractivity contribution in [3.05, 3.63) is 47.1 Å². The summed E-state index contributed by atoms with van der Waals surface area (Å²) in [5.74, 6) is -7.87. The Hall–Kier alpha value is -1.85. The van der Waals surface area contributed by atoms with Crippen molar-refractivity contribution in [3.63, 3.8) is 0 Å². The number of carboxylic acid groups (broad SMARTS) is 1. The van der Waals surface area contributed by atoms with E-state index in [4.69, 9.17) is 0 Å². The Morgan fingerprint density at radius 2 is 1.73 bits per heavy atom. The fraction of sp³-hybridized carbons (Fsp3) is 0.438. The lowest BCUT2D eigenvalue weighted by molar-refractivity contribution is -0.145. The molecular weight excluding hydrogens is 300 g/mol. The summed E-state index contributed by atoms with van der Waals surface area (Å²) < 4.78 is 54.3. The first-order valence-corrected chi connectivity index (χ1v) is 6.79. The number of benzene rings is 1. The van der Waals surface area contributed by atoms with Crippen LogP contribution in [0.3, 0.4) is 0 Å². The van der Waals surface area contributed by atoms with Crippen molar-refractivity contribution in [3.8, 4) is 0 Å². The maximum Gasteiger partial charge on any atom is 0.311 e. The van der Waals surface area contributed by atoms with Gasteiger partial charge < -0.3 is 5.11 Å². The smallest absolute Gasteiger partial charge is 0.311 e. The highest BCUT2D eigenvalue weighted by Gasteiger charge is 2.74. The predicted octanol–water partition coefficient (Wildman–Crippen LogP) is 4.09. The molecule has 0 spiro atoms. The zero-order chi connectivity index (χ0) is 16.9. The summed E-state index contributed by atoms with van der Waals surface area (Å²) in [6, 6.07) is 0.114. The minimum atomic E-state index is -1.54. The predicted molar refractivity (Wildman–Crippen MR) is 72.1 cm³/mol. The van der Waals surface area contributed by atoms with Crippen LogP contribution in [0, 0.1) is 40.0 Å². The van der Waals surface area contributed by atoms with Crippen LogP contribution in [-0.4, -0.2) is 11.1 Å². The highest BCUT2D eigenvalue weighted by molar-refractivity contribution is 5.82. The van der Waals surface area contributed by atoms with Gasteiger partial charge in [-0.25, -0.2) is 17.6 Å². The van der Waals surface area contributed by atoms with Gasteiger partial charge in [0.25, 0.3) is 0 Å². The zero-order valence-electron chi connectivity index (χ0n) is 12.4. The lowest BCUT2D eigenvalue weighted by atomic mass is 9.88. The van der Waals surface area contributed by atoms with Crippen LogP contribution < -0.4 is 0 Å². The zero-order valence-corrected chi connectivity index (χ0v) is 12.4. The molecule has 120 valence electrons. The van der Waals surface area contributed by atoms with Gasteiger partial charge in [-0.2, -0.15) is 0 Å². The molecule has 0 aromatic heterocycles. The van der Waals surface area contributed by atoms with Crippen LogP contribution in [0.15, 0.2) is 18.2 Å². The number of hydrogen-bond acceptors (Lipinski definition) is 1. The van der Waals surface area contributed by atoms with Gasteiger partial charge in [0, 0.05) is 11.6 Å². The third-order valence-corrected chi connectivity index (χ3v) is 4.80. The van der Waals surface area contributed by atoms with E-state index in [2.05, 4.69) is 0 Å². The molecule has 1 aromatic carbocycles. The SMILES string of the molecule is C/C=C/C1C(C)(C)[C@]1(Cc1c(F)c(F)cc(F)c1F)C(=O)O. The van der Waals surface area contributed by atoms with Crippen LogP contribution in [-0.2, 0) is 11.2 Å². The number of allylic oxidation sites excluding steroid dienone is 2. The van der Waals surface area contributed by atoms with Gasteiger partial charge in [-0.3, -0.25) is 4.79 Å². The van der Waals surface area contributed by atoms with E-state index >= 15 is 0 Å². The Morgan fingerprint density at radius 1 is 1.23 bits per heavy atom. The molecule has 0 amide bonds. The Kier molecular flexibility index (Phi) is 3.83. The summed E-state index contributed by atoms with van der Waals surface area (Å²) in [7, 11) is 0. The van der Waals surface area contributed by atoms with Gasteiger partial charge in [0.15, 0.2) is 23.3 Å². The van der Waals surface area contributed by atoms with Crippen molar-refractivity contribution in [2.75, 3.05) is 0 Å². The van der Waals surface area contributed by atoms with Crippen molar-refractivity contribution in [2.45, 2.75) is 27.2 Å². The Morgan fingerprint density at radius 3 is 2.14 bits per heavy atom. The van der Waals surface area contributed by atoms with Crippen LogP contribution in [0.2, 0.25) is 0 Å². The first kappa shape index (κ1) is 16.5. The van der Waals surface area contributed by atoms with Crippen LogP contribution in [0.1, 0.15) is 26.3 Å². The lowest BCUT2D eigenvalue weighted by Gasteiger charge is -2.17. The van der Waals surface area contributed by atoms with Gasteiger partial charge >= 0.3 is 5.97 Å². The molecule has 2 atom stereocenters. The summed E-state index contributed by atoms with van der Waals surface area (Å²) >= 11 is 0. The Labute approximate surface area is 125 Å². The maximum atomic E-state index is 13.8. The molecule has 0 heterocycles. The molecule has 1 unspecified atom stereocenters. The monoisotopic (exact) mass is 316 g/mol. The largest absolute Gasteiger partial charge is 0.481 e. The van der Waals surface area contributed by atoms with Crippen LogP contribution >= 0.6 is 0 Å². The van der Waals surface area contributed by atoms with Gasteiger partial charge in [-0.1, -0.05) is 26.0 Å². The molecule has 2 nitrogen and oxygen atoms in total. The molecular formula is C16H16F4O2. The first-order chi connectivity index (χ1) is 10.1. The average Bonchev–Trinajstić information content (AvgIpc) is 2.90. The molecule has 6 heteroatoms. The van der Waals surface area contributed by atoms with E-state index in [9.17, 15) is 27.5 Å². The topological polar surface area (TPSA) is 37.3 Å². The van der Waals surface area contributed by atoms with E-state index in [0.717, 1.165) is 0 Å². The van der Waals surface area contributed by atoms with Crippen LogP contribution in [0.5, 0.6) is 0 Å². The highest BCUT2D eigenvalue weighted by Crippen LogP contribution is 2.71. The normalized spacial score (nSPS) is 26.4.